The smallest absolute Gasteiger partial charge is 0.387 e. The second kappa shape index (κ2) is 5.86. The molecule has 4 nitrogen and oxygen atoms in total. The molecule has 2 rings (SSSR count). The van der Waals surface area contributed by atoms with E-state index >= 15 is 0 Å². The highest BCUT2D eigenvalue weighted by Gasteiger charge is 2.23. The van der Waals surface area contributed by atoms with Crippen LogP contribution in [0, 0.1) is 5.92 Å². The fourth-order valence-corrected chi connectivity index (χ4v) is 1.62. The fraction of sp³-hybridized carbons (Fsp3) is 0.462. The zero-order chi connectivity index (χ0) is 13.8. The highest BCUT2D eigenvalue weighted by Crippen LogP contribution is 2.37. The van der Waals surface area contributed by atoms with E-state index < -0.39 is 6.61 Å². The number of rotatable bonds is 7. The van der Waals surface area contributed by atoms with Gasteiger partial charge in [0.15, 0.2) is 17.8 Å². The zero-order valence-electron chi connectivity index (χ0n) is 10.4. The molecule has 1 aliphatic rings. The van der Waals surface area contributed by atoms with Crippen LogP contribution in [-0.4, -0.2) is 26.6 Å². The Hall–Kier alpha value is -1.85. The summed E-state index contributed by atoms with van der Waals surface area (Å²) < 4.78 is 39.4. The van der Waals surface area contributed by atoms with Crippen LogP contribution in [0.3, 0.4) is 0 Å². The predicted molar refractivity (Wildman–Crippen MR) is 63.2 cm³/mol. The van der Waals surface area contributed by atoms with Crippen LogP contribution in [0.25, 0.3) is 0 Å². The van der Waals surface area contributed by atoms with Crippen molar-refractivity contribution in [1.82, 2.24) is 0 Å². The van der Waals surface area contributed by atoms with Crippen molar-refractivity contribution in [3.05, 3.63) is 17.7 Å². The van der Waals surface area contributed by atoms with Crippen LogP contribution in [-0.2, 0) is 0 Å². The minimum absolute atomic E-state index is 0.127. The maximum atomic E-state index is 12.3. The van der Waals surface area contributed by atoms with Crippen molar-refractivity contribution < 1.29 is 27.8 Å². The number of carbonyl (C=O) groups excluding carboxylic acids is 1. The Balaban J connectivity index is 2.26. The maximum absolute atomic E-state index is 12.3. The third kappa shape index (κ3) is 3.56. The number of benzene rings is 1. The van der Waals surface area contributed by atoms with E-state index in [0.29, 0.717) is 18.8 Å². The number of halogens is 2. The van der Waals surface area contributed by atoms with Gasteiger partial charge in [0.05, 0.1) is 19.3 Å². The number of alkyl halides is 2. The standard InChI is InChI=1S/C13H14F2O4/c1-17-10-5-12(19-13(14)15)11(4-9(10)6-16)18-7-8-2-3-8/h4-6,8,13H,2-3,7H2,1H3. The van der Waals surface area contributed by atoms with Gasteiger partial charge in [0.1, 0.15) is 5.75 Å². The van der Waals surface area contributed by atoms with Crippen molar-refractivity contribution >= 4 is 6.29 Å². The fourth-order valence-electron chi connectivity index (χ4n) is 1.62. The number of hydrogen-bond donors (Lipinski definition) is 0. The van der Waals surface area contributed by atoms with Crippen LogP contribution in [0.15, 0.2) is 12.1 Å². The van der Waals surface area contributed by atoms with Gasteiger partial charge in [0.25, 0.3) is 0 Å². The quantitative estimate of drug-likeness (QED) is 0.716. The topological polar surface area (TPSA) is 44.8 Å². The summed E-state index contributed by atoms with van der Waals surface area (Å²) in [5.41, 5.74) is 0.231. The van der Waals surface area contributed by atoms with Gasteiger partial charge in [-0.15, -0.1) is 0 Å². The highest BCUT2D eigenvalue weighted by molar-refractivity contribution is 5.81. The van der Waals surface area contributed by atoms with Crippen molar-refractivity contribution in [2.45, 2.75) is 19.5 Å². The molecule has 0 atom stereocenters. The summed E-state index contributed by atoms with van der Waals surface area (Å²) in [5, 5.41) is 0. The van der Waals surface area contributed by atoms with Gasteiger partial charge >= 0.3 is 6.61 Å². The van der Waals surface area contributed by atoms with Crippen LogP contribution in [0.1, 0.15) is 23.2 Å². The highest BCUT2D eigenvalue weighted by atomic mass is 19.3. The van der Waals surface area contributed by atoms with Crippen LogP contribution in [0.5, 0.6) is 17.2 Å². The number of carbonyl (C=O) groups is 1. The molecule has 0 bridgehead atoms. The first kappa shape index (κ1) is 13.6. The molecule has 0 heterocycles. The monoisotopic (exact) mass is 272 g/mol. The van der Waals surface area contributed by atoms with E-state index in [2.05, 4.69) is 4.74 Å². The van der Waals surface area contributed by atoms with Crippen molar-refractivity contribution in [3.8, 4) is 17.2 Å². The first-order valence-corrected chi connectivity index (χ1v) is 5.89. The van der Waals surface area contributed by atoms with Gasteiger partial charge < -0.3 is 14.2 Å². The Morgan fingerprint density at radius 2 is 2.05 bits per heavy atom. The zero-order valence-corrected chi connectivity index (χ0v) is 10.4. The third-order valence-electron chi connectivity index (χ3n) is 2.81. The van der Waals surface area contributed by atoms with E-state index in [9.17, 15) is 13.6 Å². The summed E-state index contributed by atoms with van der Waals surface area (Å²) in [5.74, 6) is 0.638. The normalized spacial score (nSPS) is 14.3. The molecule has 0 amide bonds. The van der Waals surface area contributed by atoms with E-state index in [0.717, 1.165) is 12.8 Å². The van der Waals surface area contributed by atoms with Gasteiger partial charge in [0.2, 0.25) is 0 Å². The summed E-state index contributed by atoms with van der Waals surface area (Å²) >= 11 is 0. The van der Waals surface area contributed by atoms with E-state index in [1.165, 1.54) is 19.2 Å². The Morgan fingerprint density at radius 1 is 1.32 bits per heavy atom. The van der Waals surface area contributed by atoms with Crippen molar-refractivity contribution in [3.63, 3.8) is 0 Å². The van der Waals surface area contributed by atoms with Gasteiger partial charge in [-0.1, -0.05) is 0 Å². The van der Waals surface area contributed by atoms with E-state index in [1.807, 2.05) is 0 Å². The Kier molecular flexibility index (Phi) is 4.19. The second-order valence-corrected chi connectivity index (χ2v) is 4.29. The van der Waals surface area contributed by atoms with Crippen LogP contribution in [0.4, 0.5) is 8.78 Å². The van der Waals surface area contributed by atoms with E-state index in [4.69, 9.17) is 9.47 Å². The molecular formula is C13H14F2O4. The molecule has 6 heteroatoms. The average Bonchev–Trinajstić information content (AvgIpc) is 3.20. The molecule has 0 aromatic heterocycles. The SMILES string of the molecule is COc1cc(OC(F)F)c(OCC2CC2)cc1C=O. The van der Waals surface area contributed by atoms with Gasteiger partial charge in [0, 0.05) is 6.07 Å². The Labute approximate surface area is 109 Å². The van der Waals surface area contributed by atoms with Gasteiger partial charge in [-0.3, -0.25) is 4.79 Å². The van der Waals surface area contributed by atoms with Gasteiger partial charge in [-0.2, -0.15) is 8.78 Å². The molecule has 1 fully saturated rings. The molecule has 0 N–H and O–H groups in total. The molecule has 1 aliphatic carbocycles. The summed E-state index contributed by atoms with van der Waals surface area (Å²) in [6.07, 6.45) is 2.72. The lowest BCUT2D eigenvalue weighted by atomic mass is 10.2. The molecule has 0 aliphatic heterocycles. The van der Waals surface area contributed by atoms with Crippen molar-refractivity contribution in [2.24, 2.45) is 5.92 Å². The number of aldehydes is 1. The average molecular weight is 272 g/mol. The van der Waals surface area contributed by atoms with Crippen molar-refractivity contribution in [1.29, 1.82) is 0 Å². The summed E-state index contributed by atoms with van der Waals surface area (Å²) in [4.78, 5) is 10.9. The summed E-state index contributed by atoms with van der Waals surface area (Å²) in [6, 6.07) is 2.59. The molecular weight excluding hydrogens is 258 g/mol. The van der Waals surface area contributed by atoms with Gasteiger partial charge in [-0.25, -0.2) is 0 Å². The largest absolute Gasteiger partial charge is 0.496 e. The van der Waals surface area contributed by atoms with Crippen LogP contribution in [0.2, 0.25) is 0 Å². The number of hydrogen-bond acceptors (Lipinski definition) is 4. The molecule has 19 heavy (non-hydrogen) atoms. The first-order valence-electron chi connectivity index (χ1n) is 5.89. The minimum atomic E-state index is -2.96. The number of methoxy groups -OCH3 is 1. The lowest BCUT2D eigenvalue weighted by molar-refractivity contribution is -0.0516. The first-order chi connectivity index (χ1) is 9.13. The molecule has 1 aromatic carbocycles. The lowest BCUT2D eigenvalue weighted by Gasteiger charge is -2.14. The Morgan fingerprint density at radius 3 is 2.58 bits per heavy atom. The molecule has 1 aromatic rings. The summed E-state index contributed by atoms with van der Waals surface area (Å²) in [7, 11) is 1.35. The summed E-state index contributed by atoms with van der Waals surface area (Å²) in [6.45, 7) is -2.53. The molecule has 0 unspecified atom stereocenters. The Bertz CT molecular complexity index is 458. The predicted octanol–water partition coefficient (Wildman–Crippen LogP) is 2.90. The molecule has 1 saturated carbocycles. The molecule has 104 valence electrons. The van der Waals surface area contributed by atoms with Crippen LogP contribution >= 0.6 is 0 Å². The van der Waals surface area contributed by atoms with E-state index in [1.54, 1.807) is 0 Å². The maximum Gasteiger partial charge on any atom is 0.387 e. The van der Waals surface area contributed by atoms with E-state index in [-0.39, 0.29) is 22.8 Å². The molecule has 0 radical (unpaired) electrons. The molecule has 0 spiro atoms. The molecule has 0 saturated heterocycles. The third-order valence-corrected chi connectivity index (χ3v) is 2.81. The lowest BCUT2D eigenvalue weighted by Crippen LogP contribution is -2.07. The van der Waals surface area contributed by atoms with Crippen molar-refractivity contribution in [2.75, 3.05) is 13.7 Å². The second-order valence-electron chi connectivity index (χ2n) is 4.29. The number of ether oxygens (including phenoxy) is 3. The minimum Gasteiger partial charge on any atom is -0.496 e. The van der Waals surface area contributed by atoms with Gasteiger partial charge in [-0.05, 0) is 24.8 Å². The van der Waals surface area contributed by atoms with Crippen LogP contribution < -0.4 is 14.2 Å².